The average molecular weight is 848 g/mol. The van der Waals surface area contributed by atoms with Gasteiger partial charge in [-0.05, 0) is 86.0 Å². The molecule has 0 fully saturated rings. The molecule has 0 aromatic heterocycles. The van der Waals surface area contributed by atoms with Crippen LogP contribution in [0.15, 0.2) is 18.2 Å². The molecular weight excluding hydrogens is 843 g/mol. The number of ether oxygens (including phenoxy) is 2. The van der Waals surface area contributed by atoms with Crippen LogP contribution in [0.5, 0.6) is 23.0 Å². The molecule has 2 heterocycles. The van der Waals surface area contributed by atoms with Crippen LogP contribution in [0.4, 0.5) is 0 Å². The molecule has 0 radical (unpaired) electrons. The van der Waals surface area contributed by atoms with E-state index in [-0.39, 0.29) is 54.2 Å². The van der Waals surface area contributed by atoms with Crippen molar-refractivity contribution >= 4 is 120 Å². The van der Waals surface area contributed by atoms with Gasteiger partial charge in [0.1, 0.15) is 11.5 Å². The zero-order valence-corrected chi connectivity index (χ0v) is 24.5. The maximum Gasteiger partial charge on any atom is 0.341 e. The van der Waals surface area contributed by atoms with Gasteiger partial charge in [-0.3, -0.25) is 0 Å². The molecule has 2 aliphatic heterocycles. The number of rotatable bonds is 0. The van der Waals surface area contributed by atoms with E-state index in [2.05, 4.69) is 0 Å². The Morgan fingerprint density at radius 1 is 0.844 bits per heavy atom. The van der Waals surface area contributed by atoms with Crippen LogP contribution in [0.3, 0.4) is 0 Å². The van der Waals surface area contributed by atoms with Crippen molar-refractivity contribution in [2.45, 2.75) is 5.60 Å². The summed E-state index contributed by atoms with van der Waals surface area (Å²) in [5.74, 6) is -0.281. The van der Waals surface area contributed by atoms with Crippen LogP contribution in [-0.4, -0.2) is 16.2 Å². The van der Waals surface area contributed by atoms with Gasteiger partial charge in [0.05, 0.1) is 41.9 Å². The number of esters is 1. The molecule has 3 aromatic carbocycles. The molecule has 2 N–H and O–H groups in total. The molecule has 1 atom stereocenters. The Kier molecular flexibility index (Phi) is 5.87. The van der Waals surface area contributed by atoms with Crippen molar-refractivity contribution in [1.82, 2.24) is 0 Å². The first-order valence-corrected chi connectivity index (χ1v) is 13.3. The Hall–Kier alpha value is -0.120. The van der Waals surface area contributed by atoms with Crippen molar-refractivity contribution in [3.8, 4) is 23.0 Å². The summed E-state index contributed by atoms with van der Waals surface area (Å²) in [6.45, 7) is 0. The number of hydrogen-bond donors (Lipinski definition) is 2. The SMILES string of the molecule is O=C1OC2(c3ccc(O)c(I)c3Oc3c2cc(I)c(O)c3I)c2c(Cl)c(Cl)c(Cl)c(Cl)c21. The first-order chi connectivity index (χ1) is 15.0. The smallest absolute Gasteiger partial charge is 0.341 e. The number of phenolic OH excluding ortho intramolecular Hbond substituents is 2. The number of fused-ring (bicyclic) bond motifs is 6. The first kappa shape index (κ1) is 23.6. The van der Waals surface area contributed by atoms with Crippen LogP contribution in [0.2, 0.25) is 20.1 Å². The fraction of sp³-hybridized carbons (Fsp3) is 0.0500. The lowest BCUT2D eigenvalue weighted by Gasteiger charge is -2.38. The van der Waals surface area contributed by atoms with Crippen LogP contribution in [-0.2, 0) is 10.3 Å². The number of carbonyl (C=O) groups is 1. The fourth-order valence-electron chi connectivity index (χ4n) is 3.90. The molecule has 164 valence electrons. The lowest BCUT2D eigenvalue weighted by Crippen LogP contribution is -2.34. The highest BCUT2D eigenvalue weighted by molar-refractivity contribution is 14.1. The van der Waals surface area contributed by atoms with Crippen molar-refractivity contribution in [1.29, 1.82) is 0 Å². The van der Waals surface area contributed by atoms with Gasteiger partial charge in [0, 0.05) is 11.1 Å². The van der Waals surface area contributed by atoms with Crippen molar-refractivity contribution < 1.29 is 24.5 Å². The third kappa shape index (κ3) is 2.95. The van der Waals surface area contributed by atoms with Crippen molar-refractivity contribution in [2.24, 2.45) is 0 Å². The summed E-state index contributed by atoms with van der Waals surface area (Å²) in [4.78, 5) is 13.2. The predicted molar refractivity (Wildman–Crippen MR) is 146 cm³/mol. The molecule has 1 spiro atoms. The average Bonchev–Trinajstić information content (AvgIpc) is 3.06. The number of hydrogen-bond acceptors (Lipinski definition) is 5. The molecule has 2 aliphatic rings. The van der Waals surface area contributed by atoms with Gasteiger partial charge in [-0.2, -0.15) is 0 Å². The Balaban J connectivity index is 2.04. The second-order valence-corrected chi connectivity index (χ2v) is 11.7. The van der Waals surface area contributed by atoms with E-state index in [4.69, 9.17) is 55.9 Å². The molecule has 5 rings (SSSR count). The summed E-state index contributed by atoms with van der Waals surface area (Å²) >= 11 is 31.5. The highest BCUT2D eigenvalue weighted by Crippen LogP contribution is 2.63. The summed E-state index contributed by atoms with van der Waals surface area (Å²) < 4.78 is 13.5. The maximum absolute atomic E-state index is 13.2. The standard InChI is InChI=1S/C20H5Cl4I3O5/c21-10-8-9(11(22)13(24)12(10)23)20(32-19(8)30)4-1-2-7(28)14(26)17(4)31-18-5(20)3-6(25)16(29)15(18)27/h1-3,28-29H. The molecule has 5 nitrogen and oxygen atoms in total. The van der Waals surface area contributed by atoms with E-state index in [0.29, 0.717) is 21.8 Å². The van der Waals surface area contributed by atoms with Crippen molar-refractivity contribution in [2.75, 3.05) is 0 Å². The zero-order valence-electron chi connectivity index (χ0n) is 15.0. The fourth-order valence-corrected chi connectivity index (χ4v) is 7.33. The second kappa shape index (κ2) is 7.95. The third-order valence-corrected chi connectivity index (χ3v) is 9.93. The molecular formula is C20H5Cl4I3O5. The monoisotopic (exact) mass is 846 g/mol. The zero-order chi connectivity index (χ0) is 23.3. The van der Waals surface area contributed by atoms with Gasteiger partial charge in [0.2, 0.25) is 0 Å². The largest absolute Gasteiger partial charge is 0.507 e. The van der Waals surface area contributed by atoms with Crippen LogP contribution in [0, 0.1) is 10.7 Å². The minimum atomic E-state index is -1.61. The summed E-state index contributed by atoms with van der Waals surface area (Å²) in [6.07, 6.45) is 0. The van der Waals surface area contributed by atoms with E-state index < -0.39 is 11.6 Å². The highest BCUT2D eigenvalue weighted by atomic mass is 127. The van der Waals surface area contributed by atoms with Crippen LogP contribution >= 0.6 is 114 Å². The van der Waals surface area contributed by atoms with Crippen LogP contribution in [0.1, 0.15) is 27.0 Å². The third-order valence-electron chi connectivity index (χ3n) is 5.26. The quantitative estimate of drug-likeness (QED) is 0.104. The molecule has 12 heteroatoms. The van der Waals surface area contributed by atoms with E-state index in [0.717, 1.165) is 0 Å². The Bertz CT molecular complexity index is 1410. The summed E-state index contributed by atoms with van der Waals surface area (Å²) in [5.41, 5.74) is -0.570. The van der Waals surface area contributed by atoms with E-state index >= 15 is 0 Å². The number of benzene rings is 3. The van der Waals surface area contributed by atoms with Crippen LogP contribution in [0.25, 0.3) is 0 Å². The van der Waals surface area contributed by atoms with Gasteiger partial charge >= 0.3 is 5.97 Å². The minimum Gasteiger partial charge on any atom is -0.507 e. The van der Waals surface area contributed by atoms with Gasteiger partial charge in [-0.15, -0.1) is 0 Å². The topological polar surface area (TPSA) is 76.0 Å². The molecule has 0 aliphatic carbocycles. The van der Waals surface area contributed by atoms with Gasteiger partial charge in [0.15, 0.2) is 17.1 Å². The Morgan fingerprint density at radius 2 is 1.47 bits per heavy atom. The molecule has 32 heavy (non-hydrogen) atoms. The van der Waals surface area contributed by atoms with Crippen molar-refractivity contribution in [3.05, 3.63) is 71.3 Å². The van der Waals surface area contributed by atoms with Gasteiger partial charge in [0.25, 0.3) is 0 Å². The molecule has 0 saturated heterocycles. The van der Waals surface area contributed by atoms with E-state index in [9.17, 15) is 15.0 Å². The molecule has 0 bridgehead atoms. The maximum atomic E-state index is 13.2. The normalized spacial score (nSPS) is 18.2. The first-order valence-electron chi connectivity index (χ1n) is 8.53. The Labute approximate surface area is 241 Å². The highest BCUT2D eigenvalue weighted by Gasteiger charge is 2.57. The van der Waals surface area contributed by atoms with E-state index in [1.807, 2.05) is 67.8 Å². The predicted octanol–water partition coefficient (Wildman–Crippen LogP) is 8.09. The van der Waals surface area contributed by atoms with E-state index in [1.165, 1.54) is 6.07 Å². The number of aromatic hydroxyl groups is 2. The van der Waals surface area contributed by atoms with Gasteiger partial charge < -0.3 is 19.7 Å². The molecule has 0 amide bonds. The summed E-state index contributed by atoms with van der Waals surface area (Å²) in [7, 11) is 0. The molecule has 3 aromatic rings. The second-order valence-electron chi connectivity index (χ2n) is 6.85. The summed E-state index contributed by atoms with van der Waals surface area (Å²) in [5, 5.41) is 20.7. The number of phenols is 2. The Morgan fingerprint density at radius 3 is 2.16 bits per heavy atom. The number of carbonyl (C=O) groups excluding carboxylic acids is 1. The molecule has 1 unspecified atom stereocenters. The van der Waals surface area contributed by atoms with Gasteiger partial charge in [-0.1, -0.05) is 46.4 Å². The van der Waals surface area contributed by atoms with E-state index in [1.54, 1.807) is 12.1 Å². The molecule has 0 saturated carbocycles. The minimum absolute atomic E-state index is 0.00141. The van der Waals surface area contributed by atoms with Gasteiger partial charge in [-0.25, -0.2) is 4.79 Å². The number of halogens is 7. The van der Waals surface area contributed by atoms with Crippen LogP contribution < -0.4 is 4.74 Å². The van der Waals surface area contributed by atoms with Crippen molar-refractivity contribution in [3.63, 3.8) is 0 Å². The lowest BCUT2D eigenvalue weighted by atomic mass is 9.77. The summed E-state index contributed by atoms with van der Waals surface area (Å²) in [6, 6.07) is 4.69. The lowest BCUT2D eigenvalue weighted by molar-refractivity contribution is 0.0223.